The smallest absolute Gasteiger partial charge is 0.414 e. The van der Waals surface area contributed by atoms with Gasteiger partial charge in [0.05, 0.1) is 0 Å². The van der Waals surface area contributed by atoms with Crippen molar-refractivity contribution in [3.8, 4) is 0 Å². The average molecular weight is 136 g/mol. The fraction of sp³-hybridized carbons (Fsp3) is 0.143. The first kappa shape index (κ1) is 5.53. The summed E-state index contributed by atoms with van der Waals surface area (Å²) in [7, 11) is 0. The Hall–Kier alpha value is -1.25. The Morgan fingerprint density at radius 2 is 2.40 bits per heavy atom. The van der Waals surface area contributed by atoms with Gasteiger partial charge in [-0.25, -0.2) is 4.79 Å². The van der Waals surface area contributed by atoms with Crippen LogP contribution in [0.3, 0.4) is 0 Å². The fourth-order valence-electron chi connectivity index (χ4n) is 0.979. The second kappa shape index (κ2) is 1.87. The number of carbonyl (C=O) groups is 1. The molecule has 51 valence electrons. The van der Waals surface area contributed by atoms with Gasteiger partial charge in [-0.05, 0) is 6.08 Å². The van der Waals surface area contributed by atoms with Crippen LogP contribution >= 0.6 is 0 Å². The molecule has 0 unspecified atom stereocenters. The van der Waals surface area contributed by atoms with Crippen LogP contribution in [-0.2, 0) is 4.74 Å². The minimum absolute atomic E-state index is 0.282. The summed E-state index contributed by atoms with van der Waals surface area (Å²) in [6.07, 6.45) is 6.97. The molecule has 0 atom stereocenters. The molecule has 2 heterocycles. The molecule has 0 aliphatic carbocycles. The molecule has 3 nitrogen and oxygen atoms in total. The molecule has 10 heavy (non-hydrogen) atoms. The Morgan fingerprint density at radius 1 is 1.50 bits per heavy atom. The van der Waals surface area contributed by atoms with E-state index in [1.54, 1.807) is 12.3 Å². The van der Waals surface area contributed by atoms with Crippen molar-refractivity contribution in [1.29, 1.82) is 0 Å². The molecule has 0 bridgehead atoms. The van der Waals surface area contributed by atoms with Gasteiger partial charge in [0.1, 0.15) is 12.6 Å². The Kier molecular flexibility index (Phi) is 1.03. The van der Waals surface area contributed by atoms with E-state index in [0.717, 1.165) is 6.04 Å². The van der Waals surface area contributed by atoms with Crippen LogP contribution < -0.4 is 0 Å². The molecule has 0 aromatic carbocycles. The van der Waals surface area contributed by atoms with E-state index >= 15 is 0 Å². The van der Waals surface area contributed by atoms with Gasteiger partial charge >= 0.3 is 6.09 Å². The third-order valence-electron chi connectivity index (χ3n) is 1.48. The topological polar surface area (TPSA) is 29.5 Å². The lowest BCUT2D eigenvalue weighted by Crippen LogP contribution is -2.21. The number of hydrogen-bond donors (Lipinski definition) is 0. The van der Waals surface area contributed by atoms with E-state index in [1.807, 2.05) is 12.2 Å². The number of cyclic esters (lactones) is 1. The first-order chi connectivity index (χ1) is 4.88. The number of carbonyl (C=O) groups excluding carboxylic acids is 1. The van der Waals surface area contributed by atoms with Crippen LogP contribution in [0.15, 0.2) is 24.4 Å². The maximum absolute atomic E-state index is 10.8. The van der Waals surface area contributed by atoms with Crippen LogP contribution in [0.4, 0.5) is 4.79 Å². The largest absolute Gasteiger partial charge is 0.446 e. The number of ether oxygens (including phenoxy) is 1. The normalized spacial score (nSPS) is 23.2. The molecule has 1 saturated heterocycles. The Morgan fingerprint density at radius 3 is 3.20 bits per heavy atom. The monoisotopic (exact) mass is 136 g/mol. The van der Waals surface area contributed by atoms with Crippen LogP contribution in [0, 0.1) is 6.04 Å². The minimum Gasteiger partial charge on any atom is -0.446 e. The van der Waals surface area contributed by atoms with E-state index < -0.39 is 0 Å². The van der Waals surface area contributed by atoms with Crippen molar-refractivity contribution >= 4 is 6.09 Å². The summed E-state index contributed by atoms with van der Waals surface area (Å²) < 4.78 is 4.75. The summed E-state index contributed by atoms with van der Waals surface area (Å²) >= 11 is 0. The van der Waals surface area contributed by atoms with E-state index in [4.69, 9.17) is 4.74 Å². The molecule has 0 aromatic heterocycles. The van der Waals surface area contributed by atoms with Crippen molar-refractivity contribution in [3.05, 3.63) is 30.5 Å². The van der Waals surface area contributed by atoms with Gasteiger partial charge in [0.25, 0.3) is 0 Å². The lowest BCUT2D eigenvalue weighted by atomic mass is 10.2. The van der Waals surface area contributed by atoms with Crippen LogP contribution in [0.25, 0.3) is 0 Å². The van der Waals surface area contributed by atoms with Crippen LogP contribution in [0.5, 0.6) is 0 Å². The van der Waals surface area contributed by atoms with Gasteiger partial charge in [-0.1, -0.05) is 12.2 Å². The van der Waals surface area contributed by atoms with Gasteiger partial charge in [-0.2, -0.15) is 0 Å². The first-order valence-electron chi connectivity index (χ1n) is 3.04. The number of rotatable bonds is 0. The van der Waals surface area contributed by atoms with E-state index in [9.17, 15) is 4.79 Å². The van der Waals surface area contributed by atoms with Crippen molar-refractivity contribution in [2.45, 2.75) is 0 Å². The zero-order valence-electron chi connectivity index (χ0n) is 5.28. The van der Waals surface area contributed by atoms with E-state index in [1.165, 1.54) is 4.90 Å². The van der Waals surface area contributed by atoms with Crippen molar-refractivity contribution in [1.82, 2.24) is 4.90 Å². The highest BCUT2D eigenvalue weighted by Gasteiger charge is 2.31. The lowest BCUT2D eigenvalue weighted by molar-refractivity contribution is 0.166. The first-order valence-corrected chi connectivity index (χ1v) is 3.04. The van der Waals surface area contributed by atoms with Crippen LogP contribution in [-0.4, -0.2) is 17.6 Å². The summed E-state index contributed by atoms with van der Waals surface area (Å²) in [5.74, 6) is 0. The molecule has 0 saturated carbocycles. The molecule has 3 heteroatoms. The highest BCUT2D eigenvalue weighted by molar-refractivity contribution is 5.74. The minimum atomic E-state index is -0.282. The predicted molar refractivity (Wildman–Crippen MR) is 34.7 cm³/mol. The summed E-state index contributed by atoms with van der Waals surface area (Å²) in [6.45, 7) is 0.402. The number of hydrogen-bond acceptors (Lipinski definition) is 2. The molecule has 1 radical (unpaired) electrons. The zero-order chi connectivity index (χ0) is 6.97. The Labute approximate surface area is 58.6 Å². The summed E-state index contributed by atoms with van der Waals surface area (Å²) in [5, 5.41) is 0. The predicted octanol–water partition coefficient (Wildman–Crippen LogP) is 1.05. The quantitative estimate of drug-likeness (QED) is 0.498. The summed E-state index contributed by atoms with van der Waals surface area (Å²) in [5.41, 5.74) is 0. The van der Waals surface area contributed by atoms with E-state index in [-0.39, 0.29) is 6.09 Å². The average Bonchev–Trinajstić information content (AvgIpc) is 2.34. The molecule has 2 rings (SSSR count). The van der Waals surface area contributed by atoms with Gasteiger partial charge in [0.2, 0.25) is 0 Å². The van der Waals surface area contributed by atoms with Crippen molar-refractivity contribution in [3.63, 3.8) is 0 Å². The summed E-state index contributed by atoms with van der Waals surface area (Å²) in [4.78, 5) is 12.3. The molecule has 2 aliphatic rings. The maximum Gasteiger partial charge on any atom is 0.414 e. The highest BCUT2D eigenvalue weighted by atomic mass is 16.6. The Balaban J connectivity index is 2.27. The van der Waals surface area contributed by atoms with E-state index in [2.05, 4.69) is 0 Å². The molecular formula is C7H6NO2. The molecule has 0 aromatic rings. The summed E-state index contributed by atoms with van der Waals surface area (Å²) in [6, 6.07) is 0.910. The number of amides is 1. The van der Waals surface area contributed by atoms with E-state index in [0.29, 0.717) is 6.61 Å². The molecular weight excluding hydrogens is 130 g/mol. The number of allylic oxidation sites excluding steroid dienone is 2. The second-order valence-corrected chi connectivity index (χ2v) is 2.12. The standard InChI is InChI=1S/C7H6NO2/c9-7-8-4-2-1-3-6(8)5-10-7/h1-4H,5H2. The van der Waals surface area contributed by atoms with Crippen molar-refractivity contribution < 1.29 is 9.53 Å². The fourth-order valence-corrected chi connectivity index (χ4v) is 0.979. The third-order valence-corrected chi connectivity index (χ3v) is 1.48. The van der Waals surface area contributed by atoms with Gasteiger partial charge in [0, 0.05) is 6.20 Å². The third kappa shape index (κ3) is 0.635. The molecule has 0 spiro atoms. The molecule has 1 fully saturated rings. The van der Waals surface area contributed by atoms with Crippen LogP contribution in [0.1, 0.15) is 0 Å². The van der Waals surface area contributed by atoms with Crippen molar-refractivity contribution in [2.24, 2.45) is 0 Å². The van der Waals surface area contributed by atoms with Crippen molar-refractivity contribution in [2.75, 3.05) is 6.61 Å². The SMILES string of the molecule is O=C1OC[C]2C=CC=CN21. The second-order valence-electron chi connectivity index (χ2n) is 2.12. The molecule has 0 N–H and O–H groups in total. The molecule has 2 aliphatic heterocycles. The van der Waals surface area contributed by atoms with Gasteiger partial charge in [0.15, 0.2) is 0 Å². The maximum atomic E-state index is 10.8. The zero-order valence-corrected chi connectivity index (χ0v) is 5.28. The van der Waals surface area contributed by atoms with Gasteiger partial charge in [-0.15, -0.1) is 0 Å². The van der Waals surface area contributed by atoms with Crippen LogP contribution in [0.2, 0.25) is 0 Å². The lowest BCUT2D eigenvalue weighted by Gasteiger charge is -2.13. The Bertz CT molecular complexity index is 220. The molecule has 1 amide bonds. The number of nitrogens with zero attached hydrogens (tertiary/aromatic N) is 1. The number of fused-ring (bicyclic) bond motifs is 1. The van der Waals surface area contributed by atoms with Gasteiger partial charge in [-0.3, -0.25) is 4.90 Å². The van der Waals surface area contributed by atoms with Gasteiger partial charge < -0.3 is 4.74 Å². The highest BCUT2D eigenvalue weighted by Crippen LogP contribution is 2.22.